The first-order valence-corrected chi connectivity index (χ1v) is 7.00. The summed E-state index contributed by atoms with van der Waals surface area (Å²) < 4.78 is 5.19. The molecule has 3 aromatic rings. The average molecular weight is 299 g/mol. The minimum atomic E-state index is -0.0108. The van der Waals surface area contributed by atoms with Gasteiger partial charge in [0.1, 0.15) is 16.6 Å². The zero-order valence-electron chi connectivity index (χ0n) is 11.3. The fourth-order valence-corrected chi connectivity index (χ4v) is 2.80. The highest BCUT2D eigenvalue weighted by atomic mass is 32.2. The molecule has 0 aliphatic rings. The molecule has 0 fully saturated rings. The molecule has 2 aromatic heterocycles. The largest absolute Gasteiger partial charge is 0.497 e. The molecular formula is C14H13N5OS. The quantitative estimate of drug-likeness (QED) is 0.507. The average Bonchev–Trinajstić information content (AvgIpc) is 2.88. The third-order valence-corrected chi connectivity index (χ3v) is 3.83. The molecule has 0 saturated heterocycles. The number of aromatic amines is 1. The lowest BCUT2D eigenvalue weighted by atomic mass is 10.3. The van der Waals surface area contributed by atoms with Crippen molar-refractivity contribution >= 4 is 28.6 Å². The van der Waals surface area contributed by atoms with Gasteiger partial charge in [-0.1, -0.05) is 0 Å². The van der Waals surface area contributed by atoms with Gasteiger partial charge in [-0.25, -0.2) is 9.97 Å². The van der Waals surface area contributed by atoms with Crippen LogP contribution < -0.4 is 10.5 Å². The van der Waals surface area contributed by atoms with Gasteiger partial charge >= 0.3 is 0 Å². The fraction of sp³-hybridized carbons (Fsp3) is 0.0714. The summed E-state index contributed by atoms with van der Waals surface area (Å²) in [5, 5.41) is 8.92. The normalized spacial score (nSPS) is 10.7. The molecule has 0 aliphatic heterocycles. The van der Waals surface area contributed by atoms with E-state index in [0.29, 0.717) is 15.7 Å². The number of hydrogen-bond donors (Lipinski definition) is 3. The number of nitrogens with zero attached hydrogens (tertiary/aromatic N) is 2. The maximum Gasteiger partial charge on any atom is 0.172 e. The Morgan fingerprint density at radius 2 is 2.24 bits per heavy atom. The number of amidine groups is 1. The summed E-state index contributed by atoms with van der Waals surface area (Å²) in [6.07, 6.45) is 1.67. The second-order valence-corrected chi connectivity index (χ2v) is 5.27. The van der Waals surface area contributed by atoms with E-state index in [-0.39, 0.29) is 5.84 Å². The minimum absolute atomic E-state index is 0.0108. The van der Waals surface area contributed by atoms with Gasteiger partial charge in [-0.05, 0) is 36.0 Å². The third kappa shape index (κ3) is 2.68. The Balaban J connectivity index is 1.97. The molecule has 0 atom stereocenters. The standard InChI is InChI=1S/C14H13N5OS/c1-20-8-4-5-10-11(7-8)19-14(18-10)21-13-9(12(15)16)3-2-6-17-13/h2-7H,1H3,(H3,15,16)(H,18,19). The van der Waals surface area contributed by atoms with Gasteiger partial charge in [0.25, 0.3) is 0 Å². The maximum atomic E-state index is 7.58. The number of nitrogens with two attached hydrogens (primary N) is 1. The van der Waals surface area contributed by atoms with E-state index >= 15 is 0 Å². The van der Waals surface area contributed by atoms with Gasteiger partial charge in [-0.3, -0.25) is 5.41 Å². The van der Waals surface area contributed by atoms with Crippen LogP contribution in [0.25, 0.3) is 11.0 Å². The van der Waals surface area contributed by atoms with Crippen LogP contribution in [0, 0.1) is 5.41 Å². The van der Waals surface area contributed by atoms with Crippen LogP contribution in [-0.2, 0) is 0 Å². The number of rotatable bonds is 4. The summed E-state index contributed by atoms with van der Waals surface area (Å²) >= 11 is 1.34. The van der Waals surface area contributed by atoms with Gasteiger partial charge in [0.2, 0.25) is 0 Å². The van der Waals surface area contributed by atoms with Crippen LogP contribution >= 0.6 is 11.8 Å². The molecule has 0 aliphatic carbocycles. The molecule has 2 heterocycles. The number of imidazole rings is 1. The zero-order chi connectivity index (χ0) is 14.8. The Morgan fingerprint density at radius 3 is 3.00 bits per heavy atom. The Kier molecular flexibility index (Phi) is 3.49. The van der Waals surface area contributed by atoms with Gasteiger partial charge in [-0.2, -0.15) is 0 Å². The number of nitrogen functional groups attached to an aromatic ring is 1. The number of fused-ring (bicyclic) bond motifs is 1. The van der Waals surface area contributed by atoms with Crippen LogP contribution in [0.15, 0.2) is 46.7 Å². The number of hydrogen-bond acceptors (Lipinski definition) is 5. The van der Waals surface area contributed by atoms with Crippen molar-refractivity contribution in [3.05, 3.63) is 42.1 Å². The van der Waals surface area contributed by atoms with Crippen molar-refractivity contribution in [3.8, 4) is 5.75 Å². The molecule has 1 aromatic carbocycles. The number of pyridine rings is 1. The number of ether oxygens (including phenoxy) is 1. The Bertz CT molecular complexity index is 814. The second kappa shape index (κ2) is 5.45. The summed E-state index contributed by atoms with van der Waals surface area (Å²) in [6.45, 7) is 0. The highest BCUT2D eigenvalue weighted by Crippen LogP contribution is 2.29. The third-order valence-electron chi connectivity index (χ3n) is 2.92. The first-order valence-electron chi connectivity index (χ1n) is 6.18. The molecule has 4 N–H and O–H groups in total. The number of H-pyrrole nitrogens is 1. The van der Waals surface area contributed by atoms with E-state index in [1.807, 2.05) is 18.2 Å². The molecule has 0 radical (unpaired) electrons. The zero-order valence-corrected chi connectivity index (χ0v) is 12.1. The number of nitrogens with one attached hydrogen (secondary N) is 2. The van der Waals surface area contributed by atoms with Crippen molar-refractivity contribution in [2.45, 2.75) is 10.2 Å². The summed E-state index contributed by atoms with van der Waals surface area (Å²) in [5.74, 6) is 0.758. The molecule has 0 amide bonds. The van der Waals surface area contributed by atoms with E-state index in [1.54, 1.807) is 25.4 Å². The van der Waals surface area contributed by atoms with Crippen LogP contribution in [0.1, 0.15) is 5.56 Å². The minimum Gasteiger partial charge on any atom is -0.497 e. The van der Waals surface area contributed by atoms with E-state index in [1.165, 1.54) is 11.8 Å². The van der Waals surface area contributed by atoms with Crippen molar-refractivity contribution in [2.24, 2.45) is 5.73 Å². The Hall–Kier alpha value is -2.54. The lowest BCUT2D eigenvalue weighted by Crippen LogP contribution is -2.12. The van der Waals surface area contributed by atoms with Crippen LogP contribution in [0.5, 0.6) is 5.75 Å². The van der Waals surface area contributed by atoms with Gasteiger partial charge in [-0.15, -0.1) is 0 Å². The molecule has 3 rings (SSSR count). The molecule has 0 bridgehead atoms. The molecule has 0 spiro atoms. The Labute approximate surface area is 125 Å². The fourth-order valence-electron chi connectivity index (χ4n) is 1.91. The van der Waals surface area contributed by atoms with E-state index in [0.717, 1.165) is 16.8 Å². The van der Waals surface area contributed by atoms with E-state index in [9.17, 15) is 0 Å². The summed E-state index contributed by atoms with van der Waals surface area (Å²) in [4.78, 5) is 11.9. The monoisotopic (exact) mass is 299 g/mol. The topological polar surface area (TPSA) is 101 Å². The molecule has 0 saturated carbocycles. The molecule has 7 heteroatoms. The van der Waals surface area contributed by atoms with Crippen molar-refractivity contribution in [1.82, 2.24) is 15.0 Å². The predicted octanol–water partition coefficient (Wildman–Crippen LogP) is 2.40. The highest BCUT2D eigenvalue weighted by Gasteiger charge is 2.11. The van der Waals surface area contributed by atoms with Crippen LogP contribution in [0.4, 0.5) is 0 Å². The van der Waals surface area contributed by atoms with Crippen LogP contribution in [-0.4, -0.2) is 27.9 Å². The highest BCUT2D eigenvalue weighted by molar-refractivity contribution is 7.99. The maximum absolute atomic E-state index is 7.58. The lowest BCUT2D eigenvalue weighted by molar-refractivity contribution is 0.415. The Morgan fingerprint density at radius 1 is 1.38 bits per heavy atom. The summed E-state index contributed by atoms with van der Waals surface area (Å²) in [6, 6.07) is 9.16. The van der Waals surface area contributed by atoms with E-state index in [2.05, 4.69) is 15.0 Å². The van der Waals surface area contributed by atoms with Crippen LogP contribution in [0.3, 0.4) is 0 Å². The molecule has 21 heavy (non-hydrogen) atoms. The first-order chi connectivity index (χ1) is 10.2. The molecular weight excluding hydrogens is 286 g/mol. The number of benzene rings is 1. The number of methoxy groups -OCH3 is 1. The summed E-state index contributed by atoms with van der Waals surface area (Å²) in [5.41, 5.74) is 7.89. The second-order valence-electron chi connectivity index (χ2n) is 4.30. The van der Waals surface area contributed by atoms with Gasteiger partial charge in [0.05, 0.1) is 18.1 Å². The van der Waals surface area contributed by atoms with Crippen molar-refractivity contribution < 1.29 is 4.74 Å². The SMILES string of the molecule is COc1ccc2nc(Sc3ncccc3C(=N)N)[nH]c2c1. The number of aromatic nitrogens is 3. The molecule has 0 unspecified atom stereocenters. The van der Waals surface area contributed by atoms with E-state index < -0.39 is 0 Å². The van der Waals surface area contributed by atoms with E-state index in [4.69, 9.17) is 15.9 Å². The van der Waals surface area contributed by atoms with Crippen molar-refractivity contribution in [1.29, 1.82) is 5.41 Å². The summed E-state index contributed by atoms with van der Waals surface area (Å²) in [7, 11) is 1.63. The van der Waals surface area contributed by atoms with Crippen molar-refractivity contribution in [2.75, 3.05) is 7.11 Å². The van der Waals surface area contributed by atoms with Gasteiger partial charge in [0.15, 0.2) is 5.16 Å². The lowest BCUT2D eigenvalue weighted by Gasteiger charge is -2.03. The molecule has 6 nitrogen and oxygen atoms in total. The molecule has 106 valence electrons. The first kappa shape index (κ1) is 13.4. The smallest absolute Gasteiger partial charge is 0.172 e. The predicted molar refractivity (Wildman–Crippen MR) is 82.0 cm³/mol. The van der Waals surface area contributed by atoms with Gasteiger partial charge in [0, 0.05) is 17.8 Å². The van der Waals surface area contributed by atoms with Crippen LogP contribution in [0.2, 0.25) is 0 Å². The van der Waals surface area contributed by atoms with Crippen molar-refractivity contribution in [3.63, 3.8) is 0 Å². The van der Waals surface area contributed by atoms with Gasteiger partial charge < -0.3 is 15.5 Å².